The van der Waals surface area contributed by atoms with Crippen LogP contribution < -0.4 is 0 Å². The second kappa shape index (κ2) is 13.8. The first-order valence-electron chi connectivity index (χ1n) is 16.1. The van der Waals surface area contributed by atoms with E-state index in [1.165, 1.54) is 0 Å². The van der Waals surface area contributed by atoms with E-state index in [0.717, 1.165) is 50.5 Å². The summed E-state index contributed by atoms with van der Waals surface area (Å²) in [7, 11) is 0. The zero-order chi connectivity index (χ0) is 31.1. The highest BCUT2D eigenvalue weighted by Gasteiger charge is 2.67. The van der Waals surface area contributed by atoms with E-state index in [9.17, 15) is 19.8 Å². The number of halogens is 2. The summed E-state index contributed by atoms with van der Waals surface area (Å²) in [5.41, 5.74) is 0.504. The van der Waals surface area contributed by atoms with Gasteiger partial charge < -0.3 is 24.4 Å². The lowest BCUT2D eigenvalue weighted by atomic mass is 9.43. The molecule has 12 unspecified atom stereocenters. The highest BCUT2D eigenvalue weighted by Crippen LogP contribution is 2.70. The van der Waals surface area contributed by atoms with Crippen LogP contribution in [0.15, 0.2) is 12.2 Å². The van der Waals surface area contributed by atoms with E-state index < -0.39 is 30.4 Å². The molecule has 7 nitrogen and oxygen atoms in total. The minimum atomic E-state index is -0.761. The van der Waals surface area contributed by atoms with Gasteiger partial charge in [-0.15, -0.1) is 0 Å². The number of aliphatic hydroxyl groups is 1. The fourth-order valence-electron chi connectivity index (χ4n) is 10.1. The first kappa shape index (κ1) is 34.9. The van der Waals surface area contributed by atoms with E-state index in [4.69, 9.17) is 14.2 Å². The predicted molar refractivity (Wildman–Crippen MR) is 179 cm³/mol. The molecule has 0 aromatic carbocycles. The van der Waals surface area contributed by atoms with Crippen molar-refractivity contribution in [1.82, 2.24) is 0 Å². The molecular formula is C33H52I2O7. The monoisotopic (exact) mass is 814 g/mol. The van der Waals surface area contributed by atoms with Gasteiger partial charge in [0.2, 0.25) is 0 Å². The standard InChI is InChI=1S/C33H52O7.I2/c1-8-25-18(4)19(5)28(40-27(34)13-17(2)3)31(39-25)38-22-14-23(30(36)37)24-11-12-33-15-21(20(6)29(33)35)9-10-26(33)32(24,7)16-22;1-2/h17-19,21-26,28-29,31,35H,6,8-16H2,1-5,7H3,(H,36,37);/t18?,19-,21?,22?,23?,24?,25?,26?,28?,29?,31?,32?,33?;/m0./s1. The van der Waals surface area contributed by atoms with Gasteiger partial charge in [-0.25, -0.2) is 0 Å². The molecule has 2 N–H and O–H groups in total. The van der Waals surface area contributed by atoms with Crippen LogP contribution in [0.2, 0.25) is 0 Å². The van der Waals surface area contributed by atoms with E-state index in [1.807, 2.05) is 13.8 Å². The molecule has 1 saturated heterocycles. The number of hydrogen-bond donors (Lipinski definition) is 2. The molecule has 0 aromatic heterocycles. The molecule has 1 spiro atoms. The first-order chi connectivity index (χ1) is 19.8. The van der Waals surface area contributed by atoms with Crippen molar-refractivity contribution in [3.05, 3.63) is 12.2 Å². The van der Waals surface area contributed by atoms with Crippen molar-refractivity contribution in [2.24, 2.45) is 52.3 Å². The van der Waals surface area contributed by atoms with Crippen LogP contribution in [0.4, 0.5) is 0 Å². The molecule has 4 aliphatic carbocycles. The summed E-state index contributed by atoms with van der Waals surface area (Å²) in [5, 5.41) is 21.9. The summed E-state index contributed by atoms with van der Waals surface area (Å²) >= 11 is 4.24. The van der Waals surface area contributed by atoms with Crippen molar-refractivity contribution in [3.63, 3.8) is 0 Å². The summed E-state index contributed by atoms with van der Waals surface area (Å²) in [6.07, 6.45) is 4.87. The minimum Gasteiger partial charge on any atom is -0.481 e. The third-order valence-electron chi connectivity index (χ3n) is 12.2. The molecule has 240 valence electrons. The first-order valence-corrected chi connectivity index (χ1v) is 22.3. The smallest absolute Gasteiger partial charge is 0.306 e. The Balaban J connectivity index is 0.00000198. The topological polar surface area (TPSA) is 102 Å². The summed E-state index contributed by atoms with van der Waals surface area (Å²) in [6, 6.07) is 0. The summed E-state index contributed by atoms with van der Waals surface area (Å²) in [5.74, 6) is -0.417. The lowest BCUT2D eigenvalue weighted by Gasteiger charge is -2.62. The van der Waals surface area contributed by atoms with Gasteiger partial charge in [-0.1, -0.05) is 48.1 Å². The van der Waals surface area contributed by atoms with Crippen molar-refractivity contribution in [2.75, 3.05) is 0 Å². The largest absolute Gasteiger partial charge is 0.481 e. The molecule has 5 fully saturated rings. The molecule has 5 rings (SSSR count). The lowest BCUT2D eigenvalue weighted by molar-refractivity contribution is -0.300. The fraction of sp³-hybridized carbons (Fsp3) is 0.879. The van der Waals surface area contributed by atoms with Crippen molar-refractivity contribution in [1.29, 1.82) is 0 Å². The number of rotatable bonds is 7. The molecule has 9 heteroatoms. The number of fused-ring (bicyclic) bond motifs is 3. The molecule has 0 amide bonds. The maximum absolute atomic E-state index is 12.8. The van der Waals surface area contributed by atoms with Gasteiger partial charge in [0, 0.05) is 55.0 Å². The minimum absolute atomic E-state index is 0.0184. The molecule has 0 radical (unpaired) electrons. The molecule has 1 heterocycles. The van der Waals surface area contributed by atoms with Crippen molar-refractivity contribution in [2.45, 2.75) is 130 Å². The Labute approximate surface area is 276 Å². The Hall–Kier alpha value is 0.0200. The number of esters is 1. The molecule has 4 saturated carbocycles. The molecule has 5 aliphatic rings. The molecule has 1 aliphatic heterocycles. The Bertz CT molecular complexity index is 1000. The highest BCUT2D eigenvalue weighted by atomic mass is 128. The lowest BCUT2D eigenvalue weighted by Crippen LogP contribution is -2.60. The van der Waals surface area contributed by atoms with Crippen LogP contribution >= 0.6 is 37.2 Å². The van der Waals surface area contributed by atoms with E-state index in [1.54, 1.807) is 0 Å². The van der Waals surface area contributed by atoms with Crippen LogP contribution in [0.1, 0.15) is 99.3 Å². The van der Waals surface area contributed by atoms with Gasteiger partial charge in [-0.05, 0) is 91.9 Å². The number of carbonyl (C=O) groups is 2. The van der Waals surface area contributed by atoms with Gasteiger partial charge in [0.05, 0.1) is 24.2 Å². The number of aliphatic hydroxyl groups excluding tert-OH is 1. The third kappa shape index (κ3) is 6.21. The van der Waals surface area contributed by atoms with Crippen molar-refractivity contribution >= 4 is 49.2 Å². The van der Waals surface area contributed by atoms with Crippen LogP contribution in [-0.2, 0) is 23.8 Å². The van der Waals surface area contributed by atoms with Crippen LogP contribution in [0.3, 0.4) is 0 Å². The normalized spacial score (nSPS) is 46.2. The molecular weight excluding hydrogens is 762 g/mol. The highest BCUT2D eigenvalue weighted by molar-refractivity contribution is 15.0. The van der Waals surface area contributed by atoms with E-state index in [-0.39, 0.29) is 58.6 Å². The zero-order valence-electron chi connectivity index (χ0n) is 26.2. The molecule has 2 bridgehead atoms. The van der Waals surface area contributed by atoms with E-state index in [0.29, 0.717) is 18.8 Å². The summed E-state index contributed by atoms with van der Waals surface area (Å²) in [4.78, 5) is 25.5. The average molecular weight is 815 g/mol. The van der Waals surface area contributed by atoms with E-state index in [2.05, 4.69) is 71.5 Å². The third-order valence-corrected chi connectivity index (χ3v) is 12.2. The predicted octanol–water partition coefficient (Wildman–Crippen LogP) is 7.75. The molecule has 0 aromatic rings. The average Bonchev–Trinajstić information content (AvgIpc) is 3.11. The Kier molecular flexibility index (Phi) is 11.5. The maximum Gasteiger partial charge on any atom is 0.306 e. The fourth-order valence-corrected chi connectivity index (χ4v) is 10.1. The summed E-state index contributed by atoms with van der Waals surface area (Å²) in [6.45, 7) is 16.9. The zero-order valence-corrected chi connectivity index (χ0v) is 30.5. The Morgan fingerprint density at radius 2 is 1.83 bits per heavy atom. The Morgan fingerprint density at radius 1 is 1.14 bits per heavy atom. The second-order valence-corrected chi connectivity index (χ2v) is 14.8. The maximum atomic E-state index is 12.8. The van der Waals surface area contributed by atoms with E-state index >= 15 is 0 Å². The van der Waals surface area contributed by atoms with Crippen LogP contribution in [-0.4, -0.2) is 52.9 Å². The molecule has 42 heavy (non-hydrogen) atoms. The molecule has 13 atom stereocenters. The van der Waals surface area contributed by atoms with Crippen LogP contribution in [0.5, 0.6) is 0 Å². The van der Waals surface area contributed by atoms with Gasteiger partial charge in [0.25, 0.3) is 0 Å². The van der Waals surface area contributed by atoms with Gasteiger partial charge in [0.1, 0.15) is 0 Å². The number of aliphatic carboxylic acids is 1. The number of carbonyl (C=O) groups excluding carboxylic acids is 1. The number of carboxylic acids is 1. The Morgan fingerprint density at radius 3 is 2.45 bits per heavy atom. The quantitative estimate of drug-likeness (QED) is 0.117. The summed E-state index contributed by atoms with van der Waals surface area (Å²) < 4.78 is 19.3. The number of ether oxygens (including phenoxy) is 3. The second-order valence-electron chi connectivity index (χ2n) is 14.8. The van der Waals surface area contributed by atoms with Crippen molar-refractivity contribution < 1.29 is 34.0 Å². The number of hydrogen-bond acceptors (Lipinski definition) is 6. The van der Waals surface area contributed by atoms with Gasteiger partial charge >= 0.3 is 11.9 Å². The van der Waals surface area contributed by atoms with Gasteiger partial charge in [-0.3, -0.25) is 9.59 Å². The van der Waals surface area contributed by atoms with Crippen LogP contribution in [0, 0.1) is 52.3 Å². The SMILES string of the molecule is C=C1C2CCC3C4(C)CC(OC5OC(CC)C(C)[C@H](C)C5OC(=O)CC(C)C)CC(C(=O)O)C4CCC3(C2)C1O.II. The van der Waals surface area contributed by atoms with Gasteiger partial charge in [0.15, 0.2) is 12.4 Å². The van der Waals surface area contributed by atoms with Crippen molar-refractivity contribution in [3.8, 4) is 0 Å². The van der Waals surface area contributed by atoms with Gasteiger partial charge in [-0.2, -0.15) is 0 Å². The van der Waals surface area contributed by atoms with Crippen LogP contribution in [0.25, 0.3) is 0 Å². The number of carboxylic acid groups (broad SMARTS) is 1.